The predicted molar refractivity (Wildman–Crippen MR) is 158 cm³/mol. The number of allylic oxidation sites excluding steroid dienone is 1. The first-order valence-electron chi connectivity index (χ1n) is 15.5. The molecule has 4 heterocycles. The third kappa shape index (κ3) is 8.02. The molecule has 2 aliphatic rings. The van der Waals surface area contributed by atoms with Crippen LogP contribution in [-0.4, -0.2) is 50.9 Å². The monoisotopic (exact) mass is 558 g/mol. The molecular weight excluding hydrogens is 507 g/mol. The molecule has 224 valence electrons. The number of rotatable bonds is 12. The Labute approximate surface area is 240 Å². The standard InChI is InChI=1S/C29H45FN6O2.C2H6/c1-6-19(3)10-8-12-23(32-20(4)7-2)25-17-36-28(33-25)34-26(22-18-38-15-13-29(22,5)30)24(35-36)16-21-11-9-14-31-27(21)37;1-2/h17,19,21-23,32H,4,6-16,18H2,1-3,5H3,(H,31,37);1-2H3. The maximum atomic E-state index is 15.7. The van der Waals surface area contributed by atoms with Crippen molar-refractivity contribution in [1.82, 2.24) is 30.2 Å². The zero-order chi connectivity index (χ0) is 29.3. The van der Waals surface area contributed by atoms with Gasteiger partial charge in [0.25, 0.3) is 5.78 Å². The van der Waals surface area contributed by atoms with Gasteiger partial charge in [-0.2, -0.15) is 5.10 Å². The topological polar surface area (TPSA) is 93.4 Å². The Morgan fingerprint density at radius 1 is 1.32 bits per heavy atom. The number of hydrogen-bond donors (Lipinski definition) is 2. The molecule has 40 heavy (non-hydrogen) atoms. The van der Waals surface area contributed by atoms with Gasteiger partial charge in [-0.05, 0) is 38.5 Å². The summed E-state index contributed by atoms with van der Waals surface area (Å²) in [5.74, 6) is 0.408. The molecule has 0 radical (unpaired) electrons. The fraction of sp³-hybridized carbons (Fsp3) is 0.742. The van der Waals surface area contributed by atoms with Gasteiger partial charge in [-0.1, -0.05) is 60.5 Å². The van der Waals surface area contributed by atoms with Crippen molar-refractivity contribution in [3.8, 4) is 0 Å². The average Bonchev–Trinajstić information content (AvgIpc) is 3.37. The van der Waals surface area contributed by atoms with E-state index in [2.05, 4.69) is 38.0 Å². The number of fused-ring (bicyclic) bond motifs is 1. The molecule has 0 saturated carbocycles. The zero-order valence-corrected chi connectivity index (χ0v) is 25.6. The summed E-state index contributed by atoms with van der Waals surface area (Å²) in [6, 6.07) is -0.00418. The fourth-order valence-electron chi connectivity index (χ4n) is 5.44. The molecule has 9 heteroatoms. The van der Waals surface area contributed by atoms with Gasteiger partial charge in [-0.3, -0.25) is 4.79 Å². The van der Waals surface area contributed by atoms with Crippen LogP contribution in [0.4, 0.5) is 4.39 Å². The van der Waals surface area contributed by atoms with E-state index in [1.165, 1.54) is 6.42 Å². The number of imidazole rings is 1. The third-order valence-corrected chi connectivity index (χ3v) is 8.40. The lowest BCUT2D eigenvalue weighted by molar-refractivity contribution is -0.126. The summed E-state index contributed by atoms with van der Waals surface area (Å²) in [5, 5.41) is 11.4. The van der Waals surface area contributed by atoms with E-state index in [1.54, 1.807) is 11.4 Å². The van der Waals surface area contributed by atoms with Crippen molar-refractivity contribution >= 4 is 11.7 Å². The van der Waals surface area contributed by atoms with Gasteiger partial charge >= 0.3 is 0 Å². The van der Waals surface area contributed by atoms with Gasteiger partial charge in [0.2, 0.25) is 5.91 Å². The first-order chi connectivity index (χ1) is 19.2. The minimum atomic E-state index is -1.47. The molecule has 2 aromatic heterocycles. The molecule has 5 unspecified atom stereocenters. The summed E-state index contributed by atoms with van der Waals surface area (Å²) < 4.78 is 23.1. The Balaban J connectivity index is 0.00000216. The van der Waals surface area contributed by atoms with Crippen LogP contribution in [0.1, 0.15) is 122 Å². The van der Waals surface area contributed by atoms with Crippen LogP contribution in [0.15, 0.2) is 18.5 Å². The smallest absolute Gasteiger partial charge is 0.251 e. The summed E-state index contributed by atoms with van der Waals surface area (Å²) in [6.45, 7) is 17.7. The lowest BCUT2D eigenvalue weighted by Crippen LogP contribution is -2.40. The van der Waals surface area contributed by atoms with Crippen molar-refractivity contribution in [2.45, 2.75) is 117 Å². The normalized spacial score (nSPS) is 24.5. The molecule has 2 aliphatic heterocycles. The Bertz CT molecular complexity index is 1120. The van der Waals surface area contributed by atoms with Crippen LogP contribution in [-0.2, 0) is 16.0 Å². The van der Waals surface area contributed by atoms with Gasteiger partial charge < -0.3 is 15.4 Å². The number of amides is 1. The van der Waals surface area contributed by atoms with Crippen LogP contribution in [0, 0.1) is 11.8 Å². The molecule has 2 N–H and O–H groups in total. The second-order valence-electron chi connectivity index (χ2n) is 11.4. The lowest BCUT2D eigenvalue weighted by Gasteiger charge is -2.35. The van der Waals surface area contributed by atoms with E-state index in [0.717, 1.165) is 49.9 Å². The maximum absolute atomic E-state index is 15.7. The Morgan fingerprint density at radius 3 is 2.77 bits per heavy atom. The summed E-state index contributed by atoms with van der Waals surface area (Å²) in [5.41, 5.74) is 1.57. The van der Waals surface area contributed by atoms with Crippen LogP contribution in [0.5, 0.6) is 0 Å². The Hall–Kier alpha value is -2.55. The number of nitrogens with one attached hydrogen (secondary N) is 2. The molecule has 4 rings (SSSR count). The first kappa shape index (κ1) is 32.0. The minimum absolute atomic E-state index is 0.00418. The quantitative estimate of drug-likeness (QED) is 0.321. The molecule has 1 amide bonds. The third-order valence-electron chi connectivity index (χ3n) is 8.40. The molecule has 0 spiro atoms. The van der Waals surface area contributed by atoms with Crippen LogP contribution >= 0.6 is 0 Å². The summed E-state index contributed by atoms with van der Waals surface area (Å²) in [4.78, 5) is 22.3. The van der Waals surface area contributed by atoms with Crippen molar-refractivity contribution in [3.05, 3.63) is 35.6 Å². The first-order valence-corrected chi connectivity index (χ1v) is 15.5. The number of ether oxygens (including phenoxy) is 1. The fourth-order valence-corrected chi connectivity index (χ4v) is 5.44. The SMILES string of the molecule is C=C(CC)NC(CCCC(C)CC)c1cn2nc(CC3CCCNC3=O)c(C3COCCC3(C)F)nc2n1.CC. The number of piperidine rings is 1. The number of nitrogens with zero attached hydrogens (tertiary/aromatic N) is 4. The van der Waals surface area contributed by atoms with Gasteiger partial charge in [0.05, 0.1) is 41.8 Å². The summed E-state index contributed by atoms with van der Waals surface area (Å²) >= 11 is 0. The van der Waals surface area contributed by atoms with E-state index < -0.39 is 11.6 Å². The molecule has 2 saturated heterocycles. The lowest BCUT2D eigenvalue weighted by atomic mass is 9.82. The predicted octanol–water partition coefficient (Wildman–Crippen LogP) is 6.22. The number of alkyl halides is 1. The molecule has 0 bridgehead atoms. The maximum Gasteiger partial charge on any atom is 0.251 e. The highest BCUT2D eigenvalue weighted by Crippen LogP contribution is 2.39. The van der Waals surface area contributed by atoms with Crippen LogP contribution < -0.4 is 10.6 Å². The highest BCUT2D eigenvalue weighted by atomic mass is 19.1. The van der Waals surface area contributed by atoms with Crippen molar-refractivity contribution in [3.63, 3.8) is 0 Å². The van der Waals surface area contributed by atoms with Crippen LogP contribution in [0.2, 0.25) is 0 Å². The van der Waals surface area contributed by atoms with Gasteiger partial charge in [0, 0.05) is 37.6 Å². The van der Waals surface area contributed by atoms with Crippen LogP contribution in [0.25, 0.3) is 5.78 Å². The average molecular weight is 559 g/mol. The molecule has 5 atom stereocenters. The van der Waals surface area contributed by atoms with Crippen molar-refractivity contribution in [2.24, 2.45) is 11.8 Å². The second kappa shape index (κ2) is 14.9. The van der Waals surface area contributed by atoms with Gasteiger partial charge in [-0.25, -0.2) is 18.9 Å². The summed E-state index contributed by atoms with van der Waals surface area (Å²) in [7, 11) is 0. The van der Waals surface area contributed by atoms with Gasteiger partial charge in [0.1, 0.15) is 5.67 Å². The minimum Gasteiger partial charge on any atom is -0.381 e. The largest absolute Gasteiger partial charge is 0.381 e. The molecule has 0 aliphatic carbocycles. The molecule has 2 fully saturated rings. The zero-order valence-electron chi connectivity index (χ0n) is 25.6. The number of halogens is 1. The van der Waals surface area contributed by atoms with E-state index in [0.29, 0.717) is 49.1 Å². The van der Waals surface area contributed by atoms with E-state index in [4.69, 9.17) is 19.8 Å². The Kier molecular flexibility index (Phi) is 11.9. The number of hydrogen-bond acceptors (Lipinski definition) is 6. The van der Waals surface area contributed by atoms with Gasteiger partial charge in [-0.15, -0.1) is 0 Å². The van der Waals surface area contributed by atoms with E-state index >= 15 is 4.39 Å². The number of carbonyl (C=O) groups is 1. The van der Waals surface area contributed by atoms with Gasteiger partial charge in [0.15, 0.2) is 0 Å². The van der Waals surface area contributed by atoms with Crippen molar-refractivity contribution in [1.29, 1.82) is 0 Å². The van der Waals surface area contributed by atoms with E-state index in [9.17, 15) is 4.79 Å². The van der Waals surface area contributed by atoms with Crippen LogP contribution in [0.3, 0.4) is 0 Å². The molecular formula is C31H51FN6O2. The van der Waals surface area contributed by atoms with E-state index in [-0.39, 0.29) is 24.5 Å². The Morgan fingerprint density at radius 2 is 2.10 bits per heavy atom. The van der Waals surface area contributed by atoms with Crippen molar-refractivity contribution in [2.75, 3.05) is 19.8 Å². The van der Waals surface area contributed by atoms with Crippen molar-refractivity contribution < 1.29 is 13.9 Å². The highest BCUT2D eigenvalue weighted by Gasteiger charge is 2.42. The molecule has 2 aromatic rings. The number of aromatic nitrogens is 4. The second-order valence-corrected chi connectivity index (χ2v) is 11.4. The summed E-state index contributed by atoms with van der Waals surface area (Å²) in [6.07, 6.45) is 9.52. The molecule has 0 aromatic carbocycles. The van der Waals surface area contributed by atoms with E-state index in [1.807, 2.05) is 20.0 Å². The molecule has 8 nitrogen and oxygen atoms in total. The highest BCUT2D eigenvalue weighted by molar-refractivity contribution is 5.79. The number of carbonyl (C=O) groups excluding carboxylic acids is 1.